The van der Waals surface area contributed by atoms with Crippen molar-refractivity contribution >= 4 is 17.3 Å². The zero-order valence-electron chi connectivity index (χ0n) is 12.1. The van der Waals surface area contributed by atoms with E-state index in [0.29, 0.717) is 22.0 Å². The minimum absolute atomic E-state index is 0.0898. The van der Waals surface area contributed by atoms with E-state index in [4.69, 9.17) is 11.6 Å². The first kappa shape index (κ1) is 16.1. The molecule has 24 heavy (non-hydrogen) atoms. The molecule has 0 aliphatic rings. The Morgan fingerprint density at radius 3 is 2.25 bits per heavy atom. The van der Waals surface area contributed by atoms with Gasteiger partial charge in [0.1, 0.15) is 5.69 Å². The minimum Gasteiger partial charge on any atom is -0.258 e. The van der Waals surface area contributed by atoms with Crippen molar-refractivity contribution in [3.63, 3.8) is 0 Å². The molecule has 122 valence electrons. The van der Waals surface area contributed by atoms with Crippen LogP contribution in [-0.2, 0) is 0 Å². The van der Waals surface area contributed by atoms with Crippen LogP contribution >= 0.6 is 11.6 Å². The highest BCUT2D eigenvalue weighted by Crippen LogP contribution is 2.29. The number of rotatable bonds is 4. The molecule has 1 heterocycles. The molecule has 0 aliphatic heterocycles. The number of nitrogens with zero attached hydrogens (tertiary/aromatic N) is 3. The lowest BCUT2D eigenvalue weighted by Gasteiger charge is -2.07. The van der Waals surface area contributed by atoms with Crippen molar-refractivity contribution in [1.82, 2.24) is 9.78 Å². The molecular weight excluding hydrogens is 340 g/mol. The molecule has 3 rings (SSSR count). The Morgan fingerprint density at radius 2 is 1.71 bits per heavy atom. The van der Waals surface area contributed by atoms with Gasteiger partial charge in [-0.05, 0) is 30.3 Å². The molecule has 0 spiro atoms. The number of benzene rings is 2. The normalized spacial score (nSPS) is 11.0. The first-order valence-electron chi connectivity index (χ1n) is 6.84. The fraction of sp³-hybridized carbons (Fsp3) is 0.0625. The van der Waals surface area contributed by atoms with Crippen LogP contribution in [0.2, 0.25) is 5.02 Å². The predicted octanol–water partition coefficient (Wildman–Crippen LogP) is 5.04. The summed E-state index contributed by atoms with van der Waals surface area (Å²) in [4.78, 5) is 10.2. The minimum atomic E-state index is -2.73. The molecule has 0 saturated heterocycles. The highest BCUT2D eigenvalue weighted by Gasteiger charge is 2.18. The summed E-state index contributed by atoms with van der Waals surface area (Å²) in [5.74, 6) is 0. The highest BCUT2D eigenvalue weighted by atomic mass is 35.5. The number of alkyl halides is 2. The van der Waals surface area contributed by atoms with Crippen LogP contribution in [0.5, 0.6) is 0 Å². The van der Waals surface area contributed by atoms with Crippen LogP contribution in [0.25, 0.3) is 16.9 Å². The van der Waals surface area contributed by atoms with Crippen molar-refractivity contribution in [2.45, 2.75) is 6.43 Å². The summed E-state index contributed by atoms with van der Waals surface area (Å²) in [6, 6.07) is 13.5. The van der Waals surface area contributed by atoms with Crippen LogP contribution in [0.3, 0.4) is 0 Å². The number of non-ortho nitro benzene ring substituents is 1. The average Bonchev–Trinajstić information content (AvgIpc) is 3.01. The molecule has 5 nitrogen and oxygen atoms in total. The van der Waals surface area contributed by atoms with Crippen LogP contribution in [0.4, 0.5) is 14.5 Å². The number of nitro groups is 1. The van der Waals surface area contributed by atoms with E-state index in [0.717, 1.165) is 0 Å². The van der Waals surface area contributed by atoms with Gasteiger partial charge in [-0.3, -0.25) is 10.1 Å². The predicted molar refractivity (Wildman–Crippen MR) is 85.6 cm³/mol. The molecule has 0 bridgehead atoms. The van der Waals surface area contributed by atoms with Gasteiger partial charge in [0, 0.05) is 22.7 Å². The summed E-state index contributed by atoms with van der Waals surface area (Å²) in [5.41, 5.74) is 1.07. The fourth-order valence-corrected chi connectivity index (χ4v) is 2.37. The van der Waals surface area contributed by atoms with Crippen molar-refractivity contribution < 1.29 is 13.7 Å². The highest BCUT2D eigenvalue weighted by molar-refractivity contribution is 6.30. The second kappa shape index (κ2) is 6.37. The monoisotopic (exact) mass is 349 g/mol. The van der Waals surface area contributed by atoms with E-state index < -0.39 is 11.3 Å². The van der Waals surface area contributed by atoms with Crippen LogP contribution in [-0.4, -0.2) is 14.7 Å². The summed E-state index contributed by atoms with van der Waals surface area (Å²) in [7, 11) is 0. The zero-order valence-corrected chi connectivity index (χ0v) is 12.8. The SMILES string of the molecule is O=[N+]([O-])c1ccc(-n2nc(C(F)F)cc2-c2ccc(Cl)cc2)cc1. The lowest BCUT2D eigenvalue weighted by atomic mass is 10.1. The van der Waals surface area contributed by atoms with Crippen LogP contribution in [0.15, 0.2) is 54.6 Å². The summed E-state index contributed by atoms with van der Waals surface area (Å²) in [6.45, 7) is 0. The van der Waals surface area contributed by atoms with Crippen LogP contribution in [0.1, 0.15) is 12.1 Å². The number of halogens is 3. The Bertz CT molecular complexity index is 877. The number of nitro benzene ring substituents is 1. The summed E-state index contributed by atoms with van der Waals surface area (Å²) in [5, 5.41) is 15.2. The summed E-state index contributed by atoms with van der Waals surface area (Å²) >= 11 is 5.85. The van der Waals surface area contributed by atoms with Gasteiger partial charge < -0.3 is 0 Å². The fourth-order valence-electron chi connectivity index (χ4n) is 2.24. The van der Waals surface area contributed by atoms with Gasteiger partial charge in [-0.2, -0.15) is 5.10 Å². The van der Waals surface area contributed by atoms with Gasteiger partial charge in [-0.25, -0.2) is 13.5 Å². The molecule has 2 aromatic carbocycles. The van der Waals surface area contributed by atoms with Gasteiger partial charge in [0.15, 0.2) is 0 Å². The van der Waals surface area contributed by atoms with Crippen LogP contribution < -0.4 is 0 Å². The quantitative estimate of drug-likeness (QED) is 0.489. The molecule has 0 amide bonds. The Labute approximate surface area is 140 Å². The van der Waals surface area contributed by atoms with E-state index in [1.54, 1.807) is 24.3 Å². The Morgan fingerprint density at radius 1 is 1.08 bits per heavy atom. The van der Waals surface area contributed by atoms with Gasteiger partial charge in [0.05, 0.1) is 16.3 Å². The van der Waals surface area contributed by atoms with E-state index in [2.05, 4.69) is 5.10 Å². The van der Waals surface area contributed by atoms with Crippen molar-refractivity contribution in [2.75, 3.05) is 0 Å². The van der Waals surface area contributed by atoms with E-state index in [-0.39, 0.29) is 11.4 Å². The molecule has 0 unspecified atom stereocenters. The first-order chi connectivity index (χ1) is 11.5. The maximum atomic E-state index is 13.0. The standard InChI is InChI=1S/C16H10ClF2N3O2/c17-11-3-1-10(2-4-11)15-9-14(16(18)19)20-21(15)12-5-7-13(8-6-12)22(23)24/h1-9,16H. The third kappa shape index (κ3) is 3.11. The van der Waals surface area contributed by atoms with Crippen molar-refractivity contribution in [2.24, 2.45) is 0 Å². The van der Waals surface area contributed by atoms with Gasteiger partial charge in [0.25, 0.3) is 12.1 Å². The van der Waals surface area contributed by atoms with Gasteiger partial charge in [-0.1, -0.05) is 23.7 Å². The topological polar surface area (TPSA) is 61.0 Å². The Balaban J connectivity index is 2.12. The molecule has 0 N–H and O–H groups in total. The van der Waals surface area contributed by atoms with E-state index >= 15 is 0 Å². The summed E-state index contributed by atoms with van der Waals surface area (Å²) < 4.78 is 27.4. The molecule has 8 heteroatoms. The summed E-state index contributed by atoms with van der Waals surface area (Å²) in [6.07, 6.45) is -2.73. The molecule has 3 aromatic rings. The zero-order chi connectivity index (χ0) is 17.3. The van der Waals surface area contributed by atoms with E-state index in [1.807, 2.05) is 0 Å². The molecule has 0 radical (unpaired) electrons. The molecular formula is C16H10ClF2N3O2. The van der Waals surface area contributed by atoms with Crippen molar-refractivity contribution in [3.8, 4) is 16.9 Å². The van der Waals surface area contributed by atoms with Gasteiger partial charge in [0.2, 0.25) is 0 Å². The third-order valence-electron chi connectivity index (χ3n) is 3.40. The lowest BCUT2D eigenvalue weighted by Crippen LogP contribution is -2.00. The molecule has 0 aliphatic carbocycles. The van der Waals surface area contributed by atoms with Gasteiger partial charge >= 0.3 is 0 Å². The van der Waals surface area contributed by atoms with E-state index in [9.17, 15) is 18.9 Å². The molecule has 1 aromatic heterocycles. The number of hydrogen-bond donors (Lipinski definition) is 0. The second-order valence-electron chi connectivity index (χ2n) is 4.95. The maximum Gasteiger partial charge on any atom is 0.282 e. The second-order valence-corrected chi connectivity index (χ2v) is 5.38. The average molecular weight is 350 g/mol. The number of hydrogen-bond acceptors (Lipinski definition) is 3. The smallest absolute Gasteiger partial charge is 0.258 e. The van der Waals surface area contributed by atoms with Gasteiger partial charge in [-0.15, -0.1) is 0 Å². The van der Waals surface area contributed by atoms with Crippen molar-refractivity contribution in [3.05, 3.63) is 75.4 Å². The Hall–Kier alpha value is -2.80. The van der Waals surface area contributed by atoms with Crippen LogP contribution in [0, 0.1) is 10.1 Å². The Kier molecular flexibility index (Phi) is 4.26. The van der Waals surface area contributed by atoms with Crippen molar-refractivity contribution in [1.29, 1.82) is 0 Å². The number of aromatic nitrogens is 2. The largest absolute Gasteiger partial charge is 0.282 e. The van der Waals surface area contributed by atoms with E-state index in [1.165, 1.54) is 35.0 Å². The molecule has 0 atom stereocenters. The molecule has 0 fully saturated rings. The lowest BCUT2D eigenvalue weighted by molar-refractivity contribution is -0.384. The maximum absolute atomic E-state index is 13.0. The third-order valence-corrected chi connectivity index (χ3v) is 3.65. The molecule has 0 saturated carbocycles. The first-order valence-corrected chi connectivity index (χ1v) is 7.22.